The third-order valence-electron chi connectivity index (χ3n) is 5.21. The van der Waals surface area contributed by atoms with Crippen LogP contribution in [0.2, 0.25) is 0 Å². The summed E-state index contributed by atoms with van der Waals surface area (Å²) in [6, 6.07) is 33.2. The fourth-order valence-electron chi connectivity index (χ4n) is 3.69. The van der Waals surface area contributed by atoms with Crippen LogP contribution in [0.25, 0.3) is 16.7 Å². The SMILES string of the molecule is Brc1ccccc1N(c1ccccc1)c1cc(-c2ccccc2)cc(C2=CC=C=C=C2)n1. The van der Waals surface area contributed by atoms with Crippen molar-refractivity contribution in [3.8, 4) is 11.1 Å². The topological polar surface area (TPSA) is 16.1 Å². The Bertz CT molecular complexity index is 1390. The average molecular weight is 475 g/mol. The van der Waals surface area contributed by atoms with Crippen molar-refractivity contribution in [3.63, 3.8) is 0 Å². The van der Waals surface area contributed by atoms with Crippen molar-refractivity contribution in [1.29, 1.82) is 0 Å². The number of rotatable bonds is 5. The van der Waals surface area contributed by atoms with Crippen LogP contribution in [0.1, 0.15) is 5.69 Å². The second-order valence-corrected chi connectivity index (χ2v) is 8.16. The molecule has 4 aromatic rings. The highest BCUT2D eigenvalue weighted by Gasteiger charge is 2.18. The minimum Gasteiger partial charge on any atom is -0.294 e. The van der Waals surface area contributed by atoms with Crippen LogP contribution >= 0.6 is 15.9 Å². The molecular formula is C29H19BrN2. The van der Waals surface area contributed by atoms with Crippen molar-refractivity contribution in [1.82, 2.24) is 4.98 Å². The van der Waals surface area contributed by atoms with Gasteiger partial charge < -0.3 is 0 Å². The van der Waals surface area contributed by atoms with Crippen LogP contribution in [0.15, 0.2) is 131 Å². The molecule has 1 aliphatic rings. The Morgan fingerprint density at radius 3 is 2.16 bits per heavy atom. The van der Waals surface area contributed by atoms with Crippen LogP contribution in [0.3, 0.4) is 0 Å². The molecule has 0 unspecified atom stereocenters. The van der Waals surface area contributed by atoms with Gasteiger partial charge in [0.15, 0.2) is 0 Å². The summed E-state index contributed by atoms with van der Waals surface area (Å²) in [5.41, 5.74) is 12.2. The van der Waals surface area contributed by atoms with Crippen molar-refractivity contribution in [2.75, 3.05) is 4.90 Å². The van der Waals surface area contributed by atoms with E-state index in [4.69, 9.17) is 4.98 Å². The molecule has 0 bridgehead atoms. The highest BCUT2D eigenvalue weighted by Crippen LogP contribution is 2.39. The third kappa shape index (κ3) is 4.14. The van der Waals surface area contributed by atoms with E-state index in [1.807, 2.05) is 54.6 Å². The van der Waals surface area contributed by atoms with Gasteiger partial charge >= 0.3 is 0 Å². The molecular weight excluding hydrogens is 456 g/mol. The molecule has 2 nitrogen and oxygen atoms in total. The van der Waals surface area contributed by atoms with E-state index in [2.05, 4.69) is 93.0 Å². The summed E-state index contributed by atoms with van der Waals surface area (Å²) in [6.45, 7) is 0. The zero-order valence-electron chi connectivity index (χ0n) is 17.2. The van der Waals surface area contributed by atoms with Crippen LogP contribution in [0.5, 0.6) is 0 Å². The molecule has 0 fully saturated rings. The molecule has 0 aliphatic heterocycles. The van der Waals surface area contributed by atoms with Gasteiger partial charge in [-0.2, -0.15) is 0 Å². The summed E-state index contributed by atoms with van der Waals surface area (Å²) in [6.07, 6.45) is 5.81. The van der Waals surface area contributed by atoms with Crippen molar-refractivity contribution in [2.45, 2.75) is 0 Å². The lowest BCUT2D eigenvalue weighted by atomic mass is 10.0. The number of aromatic nitrogens is 1. The van der Waals surface area contributed by atoms with Gasteiger partial charge in [-0.15, -0.1) is 0 Å². The molecule has 0 saturated carbocycles. The number of benzene rings is 3. The first kappa shape index (κ1) is 20.1. The zero-order valence-corrected chi connectivity index (χ0v) is 18.8. The fourth-order valence-corrected chi connectivity index (χ4v) is 4.15. The van der Waals surface area contributed by atoms with Crippen LogP contribution in [-0.4, -0.2) is 4.98 Å². The maximum atomic E-state index is 5.09. The van der Waals surface area contributed by atoms with Crippen molar-refractivity contribution >= 4 is 38.7 Å². The first-order chi connectivity index (χ1) is 15.8. The van der Waals surface area contributed by atoms with Gasteiger partial charge in [0.05, 0.1) is 11.4 Å². The van der Waals surface area contributed by atoms with Gasteiger partial charge in [0.2, 0.25) is 0 Å². The summed E-state index contributed by atoms with van der Waals surface area (Å²) < 4.78 is 1.000. The number of hydrogen-bond donors (Lipinski definition) is 0. The van der Waals surface area contributed by atoms with E-state index in [1.165, 1.54) is 0 Å². The normalized spacial score (nSPS) is 12.0. The van der Waals surface area contributed by atoms with Crippen LogP contribution in [-0.2, 0) is 0 Å². The lowest BCUT2D eigenvalue weighted by Crippen LogP contribution is -2.13. The Balaban J connectivity index is 1.75. The first-order valence-electron chi connectivity index (χ1n) is 10.3. The molecule has 0 atom stereocenters. The van der Waals surface area contributed by atoms with Gasteiger partial charge in [0.25, 0.3) is 0 Å². The van der Waals surface area contributed by atoms with E-state index in [0.29, 0.717) is 0 Å². The van der Waals surface area contributed by atoms with E-state index in [1.54, 1.807) is 0 Å². The van der Waals surface area contributed by atoms with Gasteiger partial charge in [-0.25, -0.2) is 4.98 Å². The maximum absolute atomic E-state index is 5.09. The second-order valence-electron chi connectivity index (χ2n) is 7.31. The second kappa shape index (κ2) is 9.09. The predicted octanol–water partition coefficient (Wildman–Crippen LogP) is 8.24. The van der Waals surface area contributed by atoms with Crippen molar-refractivity contribution < 1.29 is 0 Å². The van der Waals surface area contributed by atoms with E-state index in [-0.39, 0.29) is 0 Å². The fraction of sp³-hybridized carbons (Fsp3) is 0. The third-order valence-corrected chi connectivity index (χ3v) is 5.88. The zero-order chi connectivity index (χ0) is 21.8. The Kier molecular flexibility index (Phi) is 5.70. The minimum absolute atomic E-state index is 0.840. The lowest BCUT2D eigenvalue weighted by molar-refractivity contribution is 1.16. The summed E-state index contributed by atoms with van der Waals surface area (Å²) >= 11 is 3.74. The van der Waals surface area contributed by atoms with Gasteiger partial charge in [-0.3, -0.25) is 4.90 Å². The molecule has 3 heteroatoms. The number of hydrogen-bond acceptors (Lipinski definition) is 2. The van der Waals surface area contributed by atoms with E-state index >= 15 is 0 Å². The summed E-state index contributed by atoms with van der Waals surface area (Å²) in [5.74, 6) is 0.840. The molecule has 1 heterocycles. The van der Waals surface area contributed by atoms with Crippen LogP contribution in [0, 0.1) is 0 Å². The molecule has 32 heavy (non-hydrogen) atoms. The number of halogens is 1. The van der Waals surface area contributed by atoms with Gasteiger partial charge in [-0.1, -0.05) is 72.1 Å². The Hall–Kier alpha value is -3.87. The van der Waals surface area contributed by atoms with Gasteiger partial charge in [0, 0.05) is 15.7 Å². The Labute approximate surface area is 196 Å². The van der Waals surface area contributed by atoms with Crippen LogP contribution < -0.4 is 4.90 Å². The maximum Gasteiger partial charge on any atom is 0.138 e. The quantitative estimate of drug-likeness (QED) is 0.270. The molecule has 5 rings (SSSR count). The van der Waals surface area contributed by atoms with Crippen molar-refractivity contribution in [2.24, 2.45) is 0 Å². The van der Waals surface area contributed by atoms with Gasteiger partial charge in [0.1, 0.15) is 5.82 Å². The molecule has 3 aromatic carbocycles. The Morgan fingerprint density at radius 2 is 1.44 bits per heavy atom. The van der Waals surface area contributed by atoms with Crippen LogP contribution in [0.4, 0.5) is 17.2 Å². The number of para-hydroxylation sites is 2. The monoisotopic (exact) mass is 474 g/mol. The molecule has 1 aromatic heterocycles. The first-order valence-corrected chi connectivity index (χ1v) is 11.1. The molecule has 0 radical (unpaired) electrons. The molecule has 1 aliphatic carbocycles. The number of anilines is 3. The average Bonchev–Trinajstić information content (AvgIpc) is 2.87. The summed E-state index contributed by atoms with van der Waals surface area (Å²) in [7, 11) is 0. The summed E-state index contributed by atoms with van der Waals surface area (Å²) in [4.78, 5) is 7.27. The smallest absolute Gasteiger partial charge is 0.138 e. The lowest BCUT2D eigenvalue weighted by Gasteiger charge is -2.26. The highest BCUT2D eigenvalue weighted by molar-refractivity contribution is 9.10. The number of pyridine rings is 1. The van der Waals surface area contributed by atoms with Crippen molar-refractivity contribution in [3.05, 3.63) is 137 Å². The number of allylic oxidation sites excluding steroid dienone is 4. The molecule has 0 amide bonds. The number of nitrogens with zero attached hydrogens (tertiary/aromatic N) is 2. The highest BCUT2D eigenvalue weighted by atomic mass is 79.9. The van der Waals surface area contributed by atoms with E-state index in [9.17, 15) is 0 Å². The van der Waals surface area contributed by atoms with E-state index < -0.39 is 0 Å². The summed E-state index contributed by atoms with van der Waals surface area (Å²) in [5, 5.41) is 0. The van der Waals surface area contributed by atoms with Gasteiger partial charge in [-0.05, 0) is 81.7 Å². The molecule has 152 valence electrons. The molecule has 0 saturated heterocycles. The molecule has 0 spiro atoms. The van der Waals surface area contributed by atoms with E-state index in [0.717, 1.165) is 44.1 Å². The minimum atomic E-state index is 0.840. The molecule has 0 N–H and O–H groups in total. The Morgan fingerprint density at radius 1 is 0.719 bits per heavy atom. The largest absolute Gasteiger partial charge is 0.294 e. The predicted molar refractivity (Wildman–Crippen MR) is 136 cm³/mol. The standard InChI is InChI=1S/C29H19BrN2/c30-26-18-10-11-19-28(26)32(25-16-8-3-9-17-25)29-21-24(22-12-4-1-5-13-22)20-27(31-29)23-14-6-2-7-15-23/h1,3-6,8-21H.